The van der Waals surface area contributed by atoms with Gasteiger partial charge in [0.25, 0.3) is 5.91 Å². The summed E-state index contributed by atoms with van der Waals surface area (Å²) in [6.07, 6.45) is -0.627. The lowest BCUT2D eigenvalue weighted by Crippen LogP contribution is -2.30. The second-order valence-corrected chi connectivity index (χ2v) is 7.44. The Morgan fingerprint density at radius 3 is 2.69 bits per heavy atom. The molecule has 0 radical (unpaired) electrons. The van der Waals surface area contributed by atoms with Gasteiger partial charge in [0.15, 0.2) is 17.6 Å². The van der Waals surface area contributed by atoms with Gasteiger partial charge in [-0.25, -0.2) is 4.98 Å². The van der Waals surface area contributed by atoms with Crippen LogP contribution in [0.2, 0.25) is 0 Å². The first kappa shape index (κ1) is 18.0. The molecule has 2 aromatic carbocycles. The van der Waals surface area contributed by atoms with Crippen LogP contribution in [0, 0.1) is 6.92 Å². The van der Waals surface area contributed by atoms with Crippen molar-refractivity contribution in [2.75, 3.05) is 5.32 Å². The molecule has 3 rings (SSSR count). The lowest BCUT2D eigenvalue weighted by atomic mass is 9.87. The van der Waals surface area contributed by atoms with E-state index in [1.165, 1.54) is 0 Å². The molecule has 0 spiro atoms. The highest BCUT2D eigenvalue weighted by atomic mass is 16.5. The van der Waals surface area contributed by atoms with Crippen molar-refractivity contribution in [3.05, 3.63) is 53.9 Å². The quantitative estimate of drug-likeness (QED) is 0.730. The van der Waals surface area contributed by atoms with Crippen molar-refractivity contribution in [3.63, 3.8) is 0 Å². The normalized spacial score (nSPS) is 12.8. The predicted molar refractivity (Wildman–Crippen MR) is 103 cm³/mol. The first-order valence-corrected chi connectivity index (χ1v) is 8.67. The van der Waals surface area contributed by atoms with Gasteiger partial charge in [0.05, 0.1) is 0 Å². The fourth-order valence-electron chi connectivity index (χ4n) is 2.66. The van der Waals surface area contributed by atoms with Crippen LogP contribution in [0.3, 0.4) is 0 Å². The highest BCUT2D eigenvalue weighted by Crippen LogP contribution is 2.26. The van der Waals surface area contributed by atoms with Gasteiger partial charge in [0.2, 0.25) is 0 Å². The SMILES string of the molecule is Cc1nc2ccc(NC(=O)[C@@H](C)Oc3cccc(C(C)(C)C)c3)cc2o1. The monoisotopic (exact) mass is 352 g/mol. The van der Waals surface area contributed by atoms with Crippen molar-refractivity contribution in [1.29, 1.82) is 0 Å². The Labute approximate surface area is 153 Å². The van der Waals surface area contributed by atoms with Crippen molar-refractivity contribution in [2.45, 2.75) is 46.1 Å². The van der Waals surface area contributed by atoms with Gasteiger partial charge >= 0.3 is 0 Å². The van der Waals surface area contributed by atoms with Crippen LogP contribution in [0.25, 0.3) is 11.1 Å². The molecule has 0 aliphatic carbocycles. The number of hydrogen-bond donors (Lipinski definition) is 1. The highest BCUT2D eigenvalue weighted by molar-refractivity contribution is 5.95. The van der Waals surface area contributed by atoms with E-state index < -0.39 is 6.10 Å². The molecule has 1 heterocycles. The number of carbonyl (C=O) groups excluding carboxylic acids is 1. The third-order valence-electron chi connectivity index (χ3n) is 4.15. The summed E-state index contributed by atoms with van der Waals surface area (Å²) in [5, 5.41) is 2.86. The molecule has 0 saturated heterocycles. The second-order valence-electron chi connectivity index (χ2n) is 7.44. The number of ether oxygens (including phenoxy) is 1. The average molecular weight is 352 g/mol. The Kier molecular flexibility index (Phi) is 4.72. The average Bonchev–Trinajstić information content (AvgIpc) is 2.93. The van der Waals surface area contributed by atoms with Crippen LogP contribution in [0.4, 0.5) is 5.69 Å². The Morgan fingerprint density at radius 2 is 1.96 bits per heavy atom. The number of aromatic nitrogens is 1. The van der Waals surface area contributed by atoms with Gasteiger partial charge in [-0.15, -0.1) is 0 Å². The molecule has 1 N–H and O–H groups in total. The number of anilines is 1. The van der Waals surface area contributed by atoms with E-state index >= 15 is 0 Å². The molecule has 1 atom stereocenters. The third kappa shape index (κ3) is 4.04. The van der Waals surface area contributed by atoms with Gasteiger partial charge in [0.1, 0.15) is 11.3 Å². The van der Waals surface area contributed by atoms with Crippen LogP contribution >= 0.6 is 0 Å². The molecule has 0 aliphatic rings. The van der Waals surface area contributed by atoms with E-state index in [0.29, 0.717) is 22.9 Å². The summed E-state index contributed by atoms with van der Waals surface area (Å²) in [5.74, 6) is 1.06. The maximum absolute atomic E-state index is 12.5. The summed E-state index contributed by atoms with van der Waals surface area (Å²) in [6.45, 7) is 9.95. The molecule has 3 aromatic rings. The predicted octanol–water partition coefficient (Wildman–Crippen LogP) is 4.84. The zero-order valence-electron chi connectivity index (χ0n) is 15.8. The minimum atomic E-state index is -0.627. The zero-order valence-corrected chi connectivity index (χ0v) is 15.8. The van der Waals surface area contributed by atoms with Crippen molar-refractivity contribution in [3.8, 4) is 5.75 Å². The number of nitrogens with one attached hydrogen (secondary N) is 1. The van der Waals surface area contributed by atoms with E-state index in [9.17, 15) is 4.79 Å². The second kappa shape index (κ2) is 6.83. The number of nitrogens with zero attached hydrogens (tertiary/aromatic N) is 1. The summed E-state index contributed by atoms with van der Waals surface area (Å²) < 4.78 is 11.3. The van der Waals surface area contributed by atoms with Crippen molar-refractivity contribution < 1.29 is 13.9 Å². The molecular formula is C21H24N2O3. The smallest absolute Gasteiger partial charge is 0.265 e. The topological polar surface area (TPSA) is 64.4 Å². The summed E-state index contributed by atoms with van der Waals surface area (Å²) in [7, 11) is 0. The first-order valence-electron chi connectivity index (χ1n) is 8.67. The van der Waals surface area contributed by atoms with Crippen molar-refractivity contribution >= 4 is 22.7 Å². The van der Waals surface area contributed by atoms with Gasteiger partial charge in [-0.2, -0.15) is 0 Å². The number of carbonyl (C=O) groups is 1. The number of rotatable bonds is 4. The molecular weight excluding hydrogens is 328 g/mol. The van der Waals surface area contributed by atoms with Crippen LogP contribution < -0.4 is 10.1 Å². The zero-order chi connectivity index (χ0) is 18.9. The highest BCUT2D eigenvalue weighted by Gasteiger charge is 2.18. The van der Waals surface area contributed by atoms with Gasteiger partial charge in [-0.05, 0) is 42.2 Å². The van der Waals surface area contributed by atoms with E-state index in [-0.39, 0.29) is 11.3 Å². The first-order chi connectivity index (χ1) is 12.2. The minimum absolute atomic E-state index is 0.0233. The Morgan fingerprint density at radius 1 is 1.19 bits per heavy atom. The van der Waals surface area contributed by atoms with Gasteiger partial charge in [0, 0.05) is 18.7 Å². The van der Waals surface area contributed by atoms with Crippen LogP contribution in [-0.4, -0.2) is 17.0 Å². The van der Waals surface area contributed by atoms with Crippen LogP contribution in [-0.2, 0) is 10.2 Å². The number of oxazole rings is 1. The molecule has 0 bridgehead atoms. The maximum Gasteiger partial charge on any atom is 0.265 e. The van der Waals surface area contributed by atoms with Crippen LogP contribution in [0.1, 0.15) is 39.1 Å². The van der Waals surface area contributed by atoms with Gasteiger partial charge in [-0.3, -0.25) is 4.79 Å². The summed E-state index contributed by atoms with van der Waals surface area (Å²) >= 11 is 0. The fourth-order valence-corrected chi connectivity index (χ4v) is 2.66. The lowest BCUT2D eigenvalue weighted by molar-refractivity contribution is -0.122. The number of benzene rings is 2. The number of amides is 1. The fraction of sp³-hybridized carbons (Fsp3) is 0.333. The van der Waals surface area contributed by atoms with Crippen molar-refractivity contribution in [1.82, 2.24) is 4.98 Å². The van der Waals surface area contributed by atoms with Gasteiger partial charge < -0.3 is 14.5 Å². The minimum Gasteiger partial charge on any atom is -0.481 e. The van der Waals surface area contributed by atoms with Crippen LogP contribution in [0.15, 0.2) is 46.9 Å². The lowest BCUT2D eigenvalue weighted by Gasteiger charge is -2.21. The Bertz CT molecular complexity index is 938. The molecule has 0 fully saturated rings. The van der Waals surface area contributed by atoms with E-state index in [1.807, 2.05) is 24.3 Å². The summed E-state index contributed by atoms with van der Waals surface area (Å²) in [4.78, 5) is 16.7. The molecule has 136 valence electrons. The number of fused-ring (bicyclic) bond motifs is 1. The Balaban J connectivity index is 1.69. The van der Waals surface area contributed by atoms with E-state index in [2.05, 4.69) is 37.1 Å². The van der Waals surface area contributed by atoms with E-state index in [1.54, 1.807) is 26.0 Å². The molecule has 1 amide bonds. The summed E-state index contributed by atoms with van der Waals surface area (Å²) in [6, 6.07) is 13.2. The number of hydrogen-bond acceptors (Lipinski definition) is 4. The van der Waals surface area contributed by atoms with E-state index in [4.69, 9.17) is 9.15 Å². The van der Waals surface area contributed by atoms with Crippen LogP contribution in [0.5, 0.6) is 5.75 Å². The number of aryl methyl sites for hydroxylation is 1. The molecule has 5 heteroatoms. The Hall–Kier alpha value is -2.82. The van der Waals surface area contributed by atoms with E-state index in [0.717, 1.165) is 11.1 Å². The molecule has 5 nitrogen and oxygen atoms in total. The third-order valence-corrected chi connectivity index (χ3v) is 4.15. The largest absolute Gasteiger partial charge is 0.481 e. The molecule has 0 aliphatic heterocycles. The molecule has 0 saturated carbocycles. The van der Waals surface area contributed by atoms with Gasteiger partial charge in [-0.1, -0.05) is 32.9 Å². The standard InChI is InChI=1S/C21H24N2O3/c1-13(25-17-8-6-7-15(11-17)21(3,4)5)20(24)23-16-9-10-18-19(12-16)26-14(2)22-18/h6-13H,1-5H3,(H,23,24)/t13-/m1/s1. The summed E-state index contributed by atoms with van der Waals surface area (Å²) in [5.41, 5.74) is 3.25. The molecule has 1 aromatic heterocycles. The maximum atomic E-state index is 12.5. The van der Waals surface area contributed by atoms with Crippen molar-refractivity contribution in [2.24, 2.45) is 0 Å². The molecule has 26 heavy (non-hydrogen) atoms. The molecule has 0 unspecified atom stereocenters.